The molecule has 1 N–H and O–H groups in total. The Hall–Kier alpha value is -2.55. The SMILES string of the molecule is CCc1cc(C(=O)O)c(=O)n2c(F)c(F)c(N3CCN(C)CC3)c(F)c12. The minimum absolute atomic E-state index is 0.119. The molecule has 6 nitrogen and oxygen atoms in total. The van der Waals surface area contributed by atoms with Crippen molar-refractivity contribution in [3.63, 3.8) is 0 Å². The topological polar surface area (TPSA) is 65.3 Å². The van der Waals surface area contributed by atoms with Crippen LogP contribution >= 0.6 is 0 Å². The van der Waals surface area contributed by atoms with Crippen molar-refractivity contribution in [3.05, 3.63) is 45.1 Å². The van der Waals surface area contributed by atoms with Gasteiger partial charge in [-0.2, -0.15) is 8.78 Å². The summed E-state index contributed by atoms with van der Waals surface area (Å²) in [6.07, 6.45) is 0.147. The molecule has 140 valence electrons. The maximum absolute atomic E-state index is 15.2. The van der Waals surface area contributed by atoms with E-state index in [-0.39, 0.29) is 16.4 Å². The highest BCUT2D eigenvalue weighted by Crippen LogP contribution is 2.31. The van der Waals surface area contributed by atoms with Crippen LogP contribution in [0.1, 0.15) is 22.8 Å². The van der Waals surface area contributed by atoms with Crippen LogP contribution in [-0.4, -0.2) is 53.6 Å². The maximum Gasteiger partial charge on any atom is 0.341 e. The smallest absolute Gasteiger partial charge is 0.341 e. The molecule has 1 fully saturated rings. The fraction of sp³-hybridized carbons (Fsp3) is 0.412. The second kappa shape index (κ2) is 6.64. The Bertz CT molecular complexity index is 950. The number of carboxylic acid groups (broad SMARTS) is 1. The Morgan fingerprint density at radius 1 is 1.15 bits per heavy atom. The van der Waals surface area contributed by atoms with Gasteiger partial charge in [0.2, 0.25) is 11.8 Å². The molecule has 0 saturated carbocycles. The third-order valence-electron chi connectivity index (χ3n) is 4.71. The van der Waals surface area contributed by atoms with E-state index in [0.717, 1.165) is 6.07 Å². The fourth-order valence-corrected chi connectivity index (χ4v) is 3.23. The average molecular weight is 369 g/mol. The second-order valence-corrected chi connectivity index (χ2v) is 6.29. The maximum atomic E-state index is 15.2. The molecule has 0 unspecified atom stereocenters. The van der Waals surface area contributed by atoms with Crippen molar-refractivity contribution in [3.8, 4) is 0 Å². The van der Waals surface area contributed by atoms with Crippen molar-refractivity contribution >= 4 is 17.2 Å². The highest BCUT2D eigenvalue weighted by atomic mass is 19.2. The summed E-state index contributed by atoms with van der Waals surface area (Å²) in [5, 5.41) is 9.12. The summed E-state index contributed by atoms with van der Waals surface area (Å²) in [4.78, 5) is 26.9. The predicted octanol–water partition coefficient (Wildman–Crippen LogP) is 1.73. The molecule has 0 spiro atoms. The summed E-state index contributed by atoms with van der Waals surface area (Å²) in [7, 11) is 1.87. The van der Waals surface area contributed by atoms with Crippen molar-refractivity contribution in [2.24, 2.45) is 0 Å². The quantitative estimate of drug-likeness (QED) is 0.835. The lowest BCUT2D eigenvalue weighted by atomic mass is 10.1. The highest BCUT2D eigenvalue weighted by Gasteiger charge is 2.29. The number of aromatic carboxylic acids is 1. The van der Waals surface area contributed by atoms with Gasteiger partial charge < -0.3 is 14.9 Å². The van der Waals surface area contributed by atoms with Crippen molar-refractivity contribution in [2.75, 3.05) is 38.1 Å². The molecule has 2 aromatic heterocycles. The lowest BCUT2D eigenvalue weighted by Gasteiger charge is -2.34. The fourth-order valence-electron chi connectivity index (χ4n) is 3.23. The molecule has 9 heteroatoms. The van der Waals surface area contributed by atoms with Gasteiger partial charge >= 0.3 is 5.97 Å². The molecule has 2 aromatic rings. The van der Waals surface area contributed by atoms with Gasteiger partial charge in [-0.3, -0.25) is 4.79 Å². The van der Waals surface area contributed by atoms with E-state index in [2.05, 4.69) is 0 Å². The van der Waals surface area contributed by atoms with Gasteiger partial charge in [-0.1, -0.05) is 6.92 Å². The third-order valence-corrected chi connectivity index (χ3v) is 4.71. The average Bonchev–Trinajstić information content (AvgIpc) is 2.60. The van der Waals surface area contributed by atoms with E-state index in [1.165, 1.54) is 4.90 Å². The lowest BCUT2D eigenvalue weighted by Crippen LogP contribution is -2.45. The van der Waals surface area contributed by atoms with Crippen LogP contribution in [0, 0.1) is 17.6 Å². The van der Waals surface area contributed by atoms with E-state index < -0.39 is 45.9 Å². The number of carboxylic acids is 1. The van der Waals surface area contributed by atoms with Crippen LogP contribution in [0.3, 0.4) is 0 Å². The van der Waals surface area contributed by atoms with E-state index in [9.17, 15) is 18.4 Å². The second-order valence-electron chi connectivity index (χ2n) is 6.29. The van der Waals surface area contributed by atoms with Gasteiger partial charge in [-0.05, 0) is 25.1 Å². The van der Waals surface area contributed by atoms with Crippen LogP contribution in [0.5, 0.6) is 0 Å². The molecule has 0 bridgehead atoms. The Morgan fingerprint density at radius 3 is 2.31 bits per heavy atom. The zero-order valence-corrected chi connectivity index (χ0v) is 14.4. The summed E-state index contributed by atoms with van der Waals surface area (Å²) in [6, 6.07) is 1.02. The van der Waals surface area contributed by atoms with Crippen molar-refractivity contribution < 1.29 is 23.1 Å². The van der Waals surface area contributed by atoms with Gasteiger partial charge in [-0.15, -0.1) is 0 Å². The number of hydrogen-bond acceptors (Lipinski definition) is 4. The van der Waals surface area contributed by atoms with Crippen LogP contribution < -0.4 is 10.5 Å². The number of hydrogen-bond donors (Lipinski definition) is 1. The number of rotatable bonds is 3. The Balaban J connectivity index is 2.36. The van der Waals surface area contributed by atoms with Crippen molar-refractivity contribution in [1.29, 1.82) is 0 Å². The Kier molecular flexibility index (Phi) is 4.66. The number of aryl methyl sites for hydroxylation is 1. The first-order chi connectivity index (χ1) is 12.3. The molecular weight excluding hydrogens is 351 g/mol. The first kappa shape index (κ1) is 18.2. The minimum atomic E-state index is -1.59. The summed E-state index contributed by atoms with van der Waals surface area (Å²) in [6.45, 7) is 3.33. The zero-order chi connectivity index (χ0) is 19.2. The molecule has 0 radical (unpaired) electrons. The third kappa shape index (κ3) is 2.72. The standard InChI is InChI=1S/C17H18F3N3O3/c1-3-9-8-10(17(25)26)16(24)23-13(9)11(18)14(12(19)15(23)20)22-6-4-21(2)5-7-22/h8H,3-7H2,1-2H3,(H,25,26). The number of carbonyl (C=O) groups is 1. The predicted molar refractivity (Wildman–Crippen MR) is 89.6 cm³/mol. The van der Waals surface area contributed by atoms with Gasteiger partial charge in [0.1, 0.15) is 11.3 Å². The lowest BCUT2D eigenvalue weighted by molar-refractivity contribution is 0.0694. The minimum Gasteiger partial charge on any atom is -0.477 e. The van der Waals surface area contributed by atoms with E-state index >= 15 is 4.39 Å². The number of pyridine rings is 2. The summed E-state index contributed by atoms with van der Waals surface area (Å²) in [5.74, 6) is -5.72. The largest absolute Gasteiger partial charge is 0.477 e. The molecule has 0 atom stereocenters. The van der Waals surface area contributed by atoms with Crippen LogP contribution in [0.15, 0.2) is 10.9 Å². The number of piperazine rings is 1. The number of fused-ring (bicyclic) bond motifs is 1. The van der Waals surface area contributed by atoms with Gasteiger partial charge in [0.05, 0.1) is 5.52 Å². The molecule has 1 aliphatic rings. The molecule has 26 heavy (non-hydrogen) atoms. The summed E-state index contributed by atoms with van der Waals surface area (Å²) in [5.41, 5.74) is -2.86. The van der Waals surface area contributed by atoms with Gasteiger partial charge in [-0.25, -0.2) is 13.6 Å². The van der Waals surface area contributed by atoms with E-state index in [0.29, 0.717) is 26.2 Å². The Labute approximate surface area is 147 Å². The van der Waals surface area contributed by atoms with E-state index in [1.807, 2.05) is 11.9 Å². The van der Waals surface area contributed by atoms with Crippen LogP contribution in [-0.2, 0) is 6.42 Å². The highest BCUT2D eigenvalue weighted by molar-refractivity contribution is 5.88. The first-order valence-corrected chi connectivity index (χ1v) is 8.19. The molecule has 0 amide bonds. The molecular formula is C17H18F3N3O3. The number of aromatic nitrogens is 1. The van der Waals surface area contributed by atoms with Gasteiger partial charge in [0.25, 0.3) is 5.56 Å². The number of nitrogens with zero attached hydrogens (tertiary/aromatic N) is 3. The Morgan fingerprint density at radius 2 is 1.77 bits per heavy atom. The van der Waals surface area contributed by atoms with Crippen molar-refractivity contribution in [1.82, 2.24) is 9.30 Å². The van der Waals surface area contributed by atoms with Gasteiger partial charge in [0, 0.05) is 26.2 Å². The van der Waals surface area contributed by atoms with Gasteiger partial charge in [0.15, 0.2) is 5.82 Å². The molecule has 3 heterocycles. The first-order valence-electron chi connectivity index (χ1n) is 8.19. The van der Waals surface area contributed by atoms with Crippen molar-refractivity contribution in [2.45, 2.75) is 13.3 Å². The zero-order valence-electron chi connectivity index (χ0n) is 14.4. The molecule has 1 aliphatic heterocycles. The normalized spacial score (nSPS) is 15.7. The number of likely N-dealkylation sites (N-methyl/N-ethyl adjacent to an activating group) is 1. The van der Waals surface area contributed by atoms with Crippen LogP contribution in [0.2, 0.25) is 0 Å². The summed E-state index contributed by atoms with van der Waals surface area (Å²) < 4.78 is 44.7. The number of anilines is 1. The molecule has 3 rings (SSSR count). The van der Waals surface area contributed by atoms with E-state index in [1.54, 1.807) is 6.92 Å². The monoisotopic (exact) mass is 369 g/mol. The summed E-state index contributed by atoms with van der Waals surface area (Å²) >= 11 is 0. The molecule has 0 aliphatic carbocycles. The van der Waals surface area contributed by atoms with E-state index in [4.69, 9.17) is 5.11 Å². The van der Waals surface area contributed by atoms with Crippen LogP contribution in [0.4, 0.5) is 18.9 Å². The van der Waals surface area contributed by atoms with Crippen LogP contribution in [0.25, 0.3) is 5.52 Å². The molecule has 1 saturated heterocycles. The number of halogens is 3. The molecule has 0 aromatic carbocycles.